The summed E-state index contributed by atoms with van der Waals surface area (Å²) in [5.41, 5.74) is -1.31. The van der Waals surface area contributed by atoms with Gasteiger partial charge in [-0.3, -0.25) is 9.59 Å². The third-order valence-corrected chi connectivity index (χ3v) is 8.62. The Morgan fingerprint density at radius 2 is 1.97 bits per heavy atom. The molecule has 0 unspecified atom stereocenters. The molecule has 6 nitrogen and oxygen atoms in total. The van der Waals surface area contributed by atoms with Crippen molar-refractivity contribution in [2.75, 3.05) is 33.2 Å². The molecule has 3 rings (SSSR count). The van der Waals surface area contributed by atoms with E-state index in [1.807, 2.05) is 11.9 Å². The first-order chi connectivity index (χ1) is 17.7. The summed E-state index contributed by atoms with van der Waals surface area (Å²) in [7, 11) is 1.94. The second-order valence-electron chi connectivity index (χ2n) is 11.2. The predicted molar refractivity (Wildman–Crippen MR) is 146 cm³/mol. The highest BCUT2D eigenvalue weighted by Crippen LogP contribution is 2.42. The minimum atomic E-state index is -1.49. The fourth-order valence-electron chi connectivity index (χ4n) is 6.41. The zero-order valence-corrected chi connectivity index (χ0v) is 23.3. The number of carbonyl (C=O) groups excluding carboxylic acids is 2. The average molecular weight is 538 g/mol. The standard InChI is InChI=1S/C29H45ClFN3O3/c1-21(35)33-15-8-14-29(37,25-12-6-13-26(30)28(25)31)24-11-7-16-34(20-24)27(36)18-23(19-32-2)17-22-9-4-3-5-10-22/h6,12-13,22-24,32,37H,3-5,7-11,14-20H2,1-2H3,(H,33,35)/t23-,24-,29+/m1/s1. The van der Waals surface area contributed by atoms with Crippen LogP contribution in [0, 0.1) is 23.6 Å². The Labute approximate surface area is 226 Å². The maximum Gasteiger partial charge on any atom is 0.222 e. The van der Waals surface area contributed by atoms with Gasteiger partial charge in [-0.15, -0.1) is 0 Å². The third-order valence-electron chi connectivity index (χ3n) is 8.32. The van der Waals surface area contributed by atoms with Crippen LogP contribution in [0.5, 0.6) is 0 Å². The molecule has 1 saturated carbocycles. The SMILES string of the molecule is CNC[C@@H](CC(=O)N1CCC[C@@H]([C@@](O)(CCCNC(C)=O)c2cccc(Cl)c2F)C1)CC1CCCCC1. The molecule has 1 aromatic rings. The van der Waals surface area contributed by atoms with E-state index in [1.54, 1.807) is 12.1 Å². The monoisotopic (exact) mass is 537 g/mol. The number of likely N-dealkylation sites (tertiary alicyclic amines) is 1. The number of carbonyl (C=O) groups is 2. The fraction of sp³-hybridized carbons (Fsp3) is 0.724. The largest absolute Gasteiger partial charge is 0.385 e. The van der Waals surface area contributed by atoms with Gasteiger partial charge in [-0.25, -0.2) is 4.39 Å². The van der Waals surface area contributed by atoms with Crippen LogP contribution in [0.2, 0.25) is 5.02 Å². The summed E-state index contributed by atoms with van der Waals surface area (Å²) in [5, 5.41) is 18.0. The minimum absolute atomic E-state index is 0.0286. The first kappa shape index (κ1) is 29.9. The topological polar surface area (TPSA) is 81.7 Å². The van der Waals surface area contributed by atoms with Gasteiger partial charge in [-0.05, 0) is 63.6 Å². The number of nitrogens with one attached hydrogen (secondary N) is 2. The fourth-order valence-corrected chi connectivity index (χ4v) is 6.58. The van der Waals surface area contributed by atoms with Crippen molar-refractivity contribution in [2.45, 2.75) is 83.2 Å². The van der Waals surface area contributed by atoms with Crippen LogP contribution in [0.3, 0.4) is 0 Å². The number of piperidine rings is 1. The van der Waals surface area contributed by atoms with Gasteiger partial charge in [0.1, 0.15) is 5.82 Å². The van der Waals surface area contributed by atoms with Crippen LogP contribution in [-0.4, -0.2) is 55.0 Å². The van der Waals surface area contributed by atoms with E-state index in [2.05, 4.69) is 10.6 Å². The maximum atomic E-state index is 15.2. The molecule has 1 saturated heterocycles. The molecule has 1 aromatic carbocycles. The van der Waals surface area contributed by atoms with E-state index in [1.165, 1.54) is 45.1 Å². The summed E-state index contributed by atoms with van der Waals surface area (Å²) in [5.74, 6) is 0.0355. The van der Waals surface area contributed by atoms with Crippen molar-refractivity contribution in [2.24, 2.45) is 17.8 Å². The van der Waals surface area contributed by atoms with Crippen molar-refractivity contribution >= 4 is 23.4 Å². The van der Waals surface area contributed by atoms with Crippen LogP contribution in [0.4, 0.5) is 4.39 Å². The highest BCUT2D eigenvalue weighted by Gasteiger charge is 2.43. The van der Waals surface area contributed by atoms with Crippen LogP contribution in [-0.2, 0) is 15.2 Å². The number of halogens is 2. The van der Waals surface area contributed by atoms with Crippen LogP contribution >= 0.6 is 11.6 Å². The van der Waals surface area contributed by atoms with E-state index >= 15 is 4.39 Å². The summed E-state index contributed by atoms with van der Waals surface area (Å²) in [6.07, 6.45) is 10.2. The molecule has 2 amide bonds. The number of rotatable bonds is 12. The van der Waals surface area contributed by atoms with Gasteiger partial charge in [0.05, 0.1) is 10.6 Å². The normalized spacial score (nSPS) is 21.3. The number of nitrogens with zero attached hydrogens (tertiary/aromatic N) is 1. The molecule has 1 heterocycles. The lowest BCUT2D eigenvalue weighted by molar-refractivity contribution is -0.138. The molecule has 1 aliphatic heterocycles. The molecule has 2 fully saturated rings. The number of hydrogen-bond donors (Lipinski definition) is 3. The lowest BCUT2D eigenvalue weighted by Crippen LogP contribution is -2.49. The Bertz CT molecular complexity index is 895. The Balaban J connectivity index is 1.72. The third kappa shape index (κ3) is 8.39. The summed E-state index contributed by atoms with van der Waals surface area (Å²) in [6, 6.07) is 4.72. The summed E-state index contributed by atoms with van der Waals surface area (Å²) >= 11 is 6.09. The smallest absolute Gasteiger partial charge is 0.222 e. The van der Waals surface area contributed by atoms with Gasteiger partial charge in [-0.2, -0.15) is 0 Å². The summed E-state index contributed by atoms with van der Waals surface area (Å²) in [6.45, 7) is 3.70. The summed E-state index contributed by atoms with van der Waals surface area (Å²) < 4.78 is 15.2. The van der Waals surface area contributed by atoms with Gasteiger partial charge in [0, 0.05) is 44.5 Å². The van der Waals surface area contributed by atoms with E-state index in [-0.39, 0.29) is 34.7 Å². The second kappa shape index (κ2) is 14.5. The quantitative estimate of drug-likeness (QED) is 0.327. The molecule has 0 spiro atoms. The van der Waals surface area contributed by atoms with Gasteiger partial charge < -0.3 is 20.6 Å². The zero-order chi connectivity index (χ0) is 26.8. The van der Waals surface area contributed by atoms with E-state index in [9.17, 15) is 14.7 Å². The van der Waals surface area contributed by atoms with Gasteiger partial charge in [0.2, 0.25) is 11.8 Å². The molecule has 0 radical (unpaired) electrons. The first-order valence-electron chi connectivity index (χ1n) is 14.1. The molecule has 3 N–H and O–H groups in total. The van der Waals surface area contributed by atoms with Gasteiger partial charge in [0.15, 0.2) is 0 Å². The number of hydrogen-bond acceptors (Lipinski definition) is 4. The molecular weight excluding hydrogens is 493 g/mol. The average Bonchev–Trinajstić information content (AvgIpc) is 2.89. The van der Waals surface area contributed by atoms with E-state index in [0.29, 0.717) is 50.7 Å². The molecule has 37 heavy (non-hydrogen) atoms. The molecular formula is C29H45ClFN3O3. The van der Waals surface area contributed by atoms with Crippen molar-refractivity contribution in [3.8, 4) is 0 Å². The van der Waals surface area contributed by atoms with Crippen molar-refractivity contribution in [1.82, 2.24) is 15.5 Å². The molecule has 1 aliphatic carbocycles. The van der Waals surface area contributed by atoms with Crippen LogP contribution in [0.15, 0.2) is 18.2 Å². The summed E-state index contributed by atoms with van der Waals surface area (Å²) in [4.78, 5) is 26.7. The Hall–Kier alpha value is -1.70. The van der Waals surface area contributed by atoms with Crippen LogP contribution < -0.4 is 10.6 Å². The molecule has 2 aliphatic rings. The first-order valence-corrected chi connectivity index (χ1v) is 14.5. The predicted octanol–water partition coefficient (Wildman–Crippen LogP) is 5.02. The molecule has 208 valence electrons. The molecule has 3 atom stereocenters. The maximum absolute atomic E-state index is 15.2. The van der Waals surface area contributed by atoms with E-state index in [0.717, 1.165) is 19.4 Å². The van der Waals surface area contributed by atoms with Gasteiger partial charge in [0.25, 0.3) is 0 Å². The van der Waals surface area contributed by atoms with E-state index in [4.69, 9.17) is 11.6 Å². The van der Waals surface area contributed by atoms with Crippen molar-refractivity contribution in [1.29, 1.82) is 0 Å². The van der Waals surface area contributed by atoms with Gasteiger partial charge >= 0.3 is 0 Å². The number of aliphatic hydroxyl groups is 1. The Kier molecular flexibility index (Phi) is 11.7. The minimum Gasteiger partial charge on any atom is -0.385 e. The molecule has 0 bridgehead atoms. The molecule has 8 heteroatoms. The number of amides is 2. The highest BCUT2D eigenvalue weighted by atomic mass is 35.5. The highest BCUT2D eigenvalue weighted by molar-refractivity contribution is 6.30. The van der Waals surface area contributed by atoms with Crippen LogP contribution in [0.25, 0.3) is 0 Å². The number of benzene rings is 1. The second-order valence-corrected chi connectivity index (χ2v) is 11.6. The van der Waals surface area contributed by atoms with Gasteiger partial charge in [-0.1, -0.05) is 55.8 Å². The van der Waals surface area contributed by atoms with E-state index < -0.39 is 11.4 Å². The van der Waals surface area contributed by atoms with Crippen molar-refractivity contribution < 1.29 is 19.1 Å². The van der Waals surface area contributed by atoms with Crippen molar-refractivity contribution in [3.63, 3.8) is 0 Å². The van der Waals surface area contributed by atoms with Crippen LogP contribution in [0.1, 0.15) is 83.1 Å². The molecule has 0 aromatic heterocycles. The Morgan fingerprint density at radius 1 is 1.22 bits per heavy atom. The lowest BCUT2D eigenvalue weighted by Gasteiger charge is -2.43. The van der Waals surface area contributed by atoms with Crippen molar-refractivity contribution in [3.05, 3.63) is 34.6 Å². The zero-order valence-electron chi connectivity index (χ0n) is 22.5. The Morgan fingerprint density at radius 3 is 2.68 bits per heavy atom. The lowest BCUT2D eigenvalue weighted by atomic mass is 9.74.